The van der Waals surface area contributed by atoms with Crippen LogP contribution in [0.4, 0.5) is 11.6 Å². The Labute approximate surface area is 131 Å². The van der Waals surface area contributed by atoms with E-state index in [-0.39, 0.29) is 6.10 Å². The van der Waals surface area contributed by atoms with Gasteiger partial charge in [-0.05, 0) is 23.2 Å². The highest BCUT2D eigenvalue weighted by Crippen LogP contribution is 2.30. The Morgan fingerprint density at radius 2 is 1.68 bits per heavy atom. The Hall–Kier alpha value is -1.61. The second-order valence-electron chi connectivity index (χ2n) is 5.62. The first-order valence-electron chi connectivity index (χ1n) is 7.57. The van der Waals surface area contributed by atoms with Crippen molar-refractivity contribution in [1.29, 1.82) is 0 Å². The predicted molar refractivity (Wildman–Crippen MR) is 84.4 cm³/mol. The Kier molecular flexibility index (Phi) is 3.75. The van der Waals surface area contributed by atoms with Crippen molar-refractivity contribution in [3.63, 3.8) is 0 Å². The molecule has 0 unspecified atom stereocenters. The minimum atomic E-state index is -0.313. The van der Waals surface area contributed by atoms with Crippen LogP contribution in [-0.2, 0) is 0 Å². The number of rotatable bonds is 2. The van der Waals surface area contributed by atoms with E-state index in [1.54, 1.807) is 0 Å². The topological polar surface area (TPSA) is 91.4 Å². The third-order valence-corrected chi connectivity index (χ3v) is 5.03. The fourth-order valence-electron chi connectivity index (χ4n) is 2.97. The van der Waals surface area contributed by atoms with Crippen molar-refractivity contribution in [1.82, 2.24) is 20.3 Å². The normalized spacial score (nSPS) is 23.2. The van der Waals surface area contributed by atoms with E-state index in [1.807, 2.05) is 11.8 Å². The van der Waals surface area contributed by atoms with E-state index in [2.05, 4.69) is 30.1 Å². The summed E-state index contributed by atoms with van der Waals surface area (Å²) >= 11 is 1.95. The zero-order valence-electron chi connectivity index (χ0n) is 12.2. The van der Waals surface area contributed by atoms with Crippen LogP contribution in [0, 0.1) is 0 Å². The van der Waals surface area contributed by atoms with E-state index in [9.17, 15) is 5.11 Å². The quantitative estimate of drug-likeness (QED) is 0.849. The van der Waals surface area contributed by atoms with Gasteiger partial charge >= 0.3 is 0 Å². The number of anilines is 2. The molecule has 2 aromatic heterocycles. The fourth-order valence-corrected chi connectivity index (χ4v) is 3.87. The molecule has 1 atom stereocenters. The number of aliphatic hydroxyl groups excluding tert-OH is 1. The first-order valence-corrected chi connectivity index (χ1v) is 8.73. The SMILES string of the molecule is O[C@H]1CCCN(c2nc3nonc3nc2N2CCSCC2)C1. The van der Waals surface area contributed by atoms with E-state index in [1.165, 1.54) is 0 Å². The van der Waals surface area contributed by atoms with Crippen LogP contribution in [0.3, 0.4) is 0 Å². The Morgan fingerprint density at radius 3 is 2.36 bits per heavy atom. The van der Waals surface area contributed by atoms with Crippen LogP contribution in [0.25, 0.3) is 11.3 Å². The third kappa shape index (κ3) is 2.58. The molecule has 1 N–H and O–H groups in total. The van der Waals surface area contributed by atoms with Gasteiger partial charge in [0.05, 0.1) is 6.10 Å². The van der Waals surface area contributed by atoms with Crippen molar-refractivity contribution in [2.24, 2.45) is 0 Å². The molecule has 2 aliphatic rings. The van der Waals surface area contributed by atoms with Gasteiger partial charge in [-0.15, -0.1) is 0 Å². The lowest BCUT2D eigenvalue weighted by atomic mass is 10.1. The second kappa shape index (κ2) is 5.88. The van der Waals surface area contributed by atoms with Crippen LogP contribution in [0.1, 0.15) is 12.8 Å². The molecule has 0 radical (unpaired) electrons. The molecule has 0 saturated carbocycles. The summed E-state index contributed by atoms with van der Waals surface area (Å²) in [5, 5.41) is 17.6. The molecule has 4 rings (SSSR count). The third-order valence-electron chi connectivity index (χ3n) is 4.08. The van der Waals surface area contributed by atoms with Crippen molar-refractivity contribution in [2.75, 3.05) is 47.5 Å². The highest BCUT2D eigenvalue weighted by molar-refractivity contribution is 7.99. The van der Waals surface area contributed by atoms with Crippen LogP contribution in [0.2, 0.25) is 0 Å². The van der Waals surface area contributed by atoms with Crippen molar-refractivity contribution >= 4 is 34.7 Å². The van der Waals surface area contributed by atoms with E-state index in [0.717, 1.165) is 55.6 Å². The van der Waals surface area contributed by atoms with E-state index < -0.39 is 0 Å². The molecule has 2 saturated heterocycles. The second-order valence-corrected chi connectivity index (χ2v) is 6.85. The molecule has 0 spiro atoms. The van der Waals surface area contributed by atoms with Crippen molar-refractivity contribution in [3.05, 3.63) is 0 Å². The molecule has 2 fully saturated rings. The van der Waals surface area contributed by atoms with Gasteiger partial charge in [0.1, 0.15) is 0 Å². The van der Waals surface area contributed by atoms with Crippen LogP contribution in [0.15, 0.2) is 4.63 Å². The molecule has 118 valence electrons. The van der Waals surface area contributed by atoms with Gasteiger partial charge in [0.15, 0.2) is 11.6 Å². The van der Waals surface area contributed by atoms with Gasteiger partial charge in [0, 0.05) is 37.7 Å². The molecule has 8 nitrogen and oxygen atoms in total. The van der Waals surface area contributed by atoms with Gasteiger partial charge in [-0.25, -0.2) is 14.6 Å². The summed E-state index contributed by atoms with van der Waals surface area (Å²) in [6.07, 6.45) is 1.48. The lowest BCUT2D eigenvalue weighted by Gasteiger charge is -2.35. The molecule has 2 aromatic rings. The number of piperidine rings is 1. The maximum absolute atomic E-state index is 9.96. The van der Waals surface area contributed by atoms with Gasteiger partial charge in [-0.1, -0.05) is 0 Å². The molecule has 0 amide bonds. The lowest BCUT2D eigenvalue weighted by Crippen LogP contribution is -2.41. The molecule has 2 aliphatic heterocycles. The molecule has 9 heteroatoms. The number of nitrogens with zero attached hydrogens (tertiary/aromatic N) is 6. The molecule has 0 aromatic carbocycles. The lowest BCUT2D eigenvalue weighted by molar-refractivity contribution is 0.154. The summed E-state index contributed by atoms with van der Waals surface area (Å²) < 4.78 is 4.76. The number of hydrogen-bond acceptors (Lipinski definition) is 9. The summed E-state index contributed by atoms with van der Waals surface area (Å²) in [4.78, 5) is 13.6. The maximum atomic E-state index is 9.96. The zero-order chi connectivity index (χ0) is 14.9. The first-order chi connectivity index (χ1) is 10.8. The van der Waals surface area contributed by atoms with Crippen LogP contribution in [0.5, 0.6) is 0 Å². The van der Waals surface area contributed by atoms with Crippen molar-refractivity contribution < 1.29 is 9.74 Å². The maximum Gasteiger partial charge on any atom is 0.245 e. The largest absolute Gasteiger partial charge is 0.391 e. The van der Waals surface area contributed by atoms with Gasteiger partial charge in [-0.2, -0.15) is 11.8 Å². The zero-order valence-corrected chi connectivity index (χ0v) is 13.0. The average Bonchev–Trinajstić information content (AvgIpc) is 3.02. The number of fused-ring (bicyclic) bond motifs is 1. The van der Waals surface area contributed by atoms with E-state index in [4.69, 9.17) is 4.63 Å². The smallest absolute Gasteiger partial charge is 0.245 e. The Bertz CT molecular complexity index is 659. The van der Waals surface area contributed by atoms with Crippen LogP contribution < -0.4 is 9.80 Å². The average molecular weight is 322 g/mol. The Morgan fingerprint density at radius 1 is 1.00 bits per heavy atom. The molecule has 22 heavy (non-hydrogen) atoms. The van der Waals surface area contributed by atoms with Crippen molar-refractivity contribution in [2.45, 2.75) is 18.9 Å². The summed E-state index contributed by atoms with van der Waals surface area (Å²) in [6.45, 7) is 3.35. The predicted octanol–water partition coefficient (Wildman–Crippen LogP) is 0.527. The highest BCUT2D eigenvalue weighted by Gasteiger charge is 2.27. The summed E-state index contributed by atoms with van der Waals surface area (Å²) in [5.41, 5.74) is 0.861. The molecule has 0 aliphatic carbocycles. The van der Waals surface area contributed by atoms with E-state index in [0.29, 0.717) is 17.8 Å². The summed E-state index contributed by atoms with van der Waals surface area (Å²) in [6, 6.07) is 0. The number of β-amino-alcohol motifs (C(OH)–C–C–N with tert-alkyl or cyclic N) is 1. The Balaban J connectivity index is 1.75. The summed E-state index contributed by atoms with van der Waals surface area (Å²) in [5.74, 6) is 3.78. The monoisotopic (exact) mass is 322 g/mol. The number of aromatic nitrogens is 4. The number of aliphatic hydroxyl groups is 1. The molecule has 0 bridgehead atoms. The van der Waals surface area contributed by atoms with Gasteiger partial charge < -0.3 is 14.9 Å². The van der Waals surface area contributed by atoms with Gasteiger partial charge in [-0.3, -0.25) is 0 Å². The number of hydrogen-bond donors (Lipinski definition) is 1. The fraction of sp³-hybridized carbons (Fsp3) is 0.692. The molecule has 4 heterocycles. The number of thioether (sulfide) groups is 1. The minimum absolute atomic E-state index is 0.313. The first kappa shape index (κ1) is 14.0. The highest BCUT2D eigenvalue weighted by atomic mass is 32.2. The molecular formula is C13H18N6O2S. The van der Waals surface area contributed by atoms with Crippen molar-refractivity contribution in [3.8, 4) is 0 Å². The molecular weight excluding hydrogens is 304 g/mol. The van der Waals surface area contributed by atoms with Gasteiger partial charge in [0.25, 0.3) is 0 Å². The van der Waals surface area contributed by atoms with E-state index >= 15 is 0 Å². The standard InChI is InChI=1S/C13H18N6O2S/c20-9-2-1-3-19(8-9)13-12(18-4-6-22-7-5-18)14-10-11(15-13)17-21-16-10/h9,20H,1-8H2/t9-/m0/s1. The summed E-state index contributed by atoms with van der Waals surface area (Å²) in [7, 11) is 0. The van der Waals surface area contributed by atoms with Crippen LogP contribution in [-0.4, -0.2) is 69.2 Å². The van der Waals surface area contributed by atoms with Crippen LogP contribution >= 0.6 is 11.8 Å². The van der Waals surface area contributed by atoms with Gasteiger partial charge in [0.2, 0.25) is 11.3 Å². The minimum Gasteiger partial charge on any atom is -0.391 e.